The average Bonchev–Trinajstić information content (AvgIpc) is 2.04. The molecule has 0 unspecified atom stereocenters. The van der Waals surface area contributed by atoms with Crippen LogP contribution in [0.1, 0.15) is 12.5 Å². The summed E-state index contributed by atoms with van der Waals surface area (Å²) in [4.78, 5) is 10.5. The van der Waals surface area contributed by atoms with Crippen LogP contribution in [0.2, 0.25) is 0 Å². The van der Waals surface area contributed by atoms with Crippen molar-refractivity contribution in [3.05, 3.63) is 35.9 Å². The molecule has 0 bridgehead atoms. The summed E-state index contributed by atoms with van der Waals surface area (Å²) in [6.07, 6.45) is 0. The number of carbonyl (C=O) groups is 1. The molecular weight excluding hydrogens is 172 g/mol. The highest BCUT2D eigenvalue weighted by Crippen LogP contribution is 2.18. The molecular formula is C9H9O4. The van der Waals surface area contributed by atoms with E-state index in [1.165, 1.54) is 24.3 Å². The third kappa shape index (κ3) is 2.54. The first-order valence-corrected chi connectivity index (χ1v) is 3.63. The molecule has 0 amide bonds. The molecule has 0 spiro atoms. The largest absolute Gasteiger partial charge is 0.404 e. The van der Waals surface area contributed by atoms with Gasteiger partial charge in [0, 0.05) is 6.92 Å². The molecule has 13 heavy (non-hydrogen) atoms. The number of hydrogen-bond acceptors (Lipinski definition) is 4. The summed E-state index contributed by atoms with van der Waals surface area (Å²) in [7, 11) is 0. The fourth-order valence-electron chi connectivity index (χ4n) is 0.863. The van der Waals surface area contributed by atoms with Gasteiger partial charge >= 0.3 is 11.9 Å². The van der Waals surface area contributed by atoms with E-state index in [0.29, 0.717) is 0 Å². The fourth-order valence-corrected chi connectivity index (χ4v) is 0.863. The van der Waals surface area contributed by atoms with E-state index >= 15 is 0 Å². The van der Waals surface area contributed by atoms with Gasteiger partial charge in [-0.1, -0.05) is 12.1 Å². The zero-order chi connectivity index (χ0) is 9.90. The number of esters is 1. The molecule has 0 aliphatic heterocycles. The normalized spacial score (nSPS) is 11.0. The summed E-state index contributed by atoms with van der Waals surface area (Å²) < 4.78 is 4.28. The second kappa shape index (κ2) is 3.55. The molecule has 4 nitrogen and oxygen atoms in total. The summed E-state index contributed by atoms with van der Waals surface area (Å²) >= 11 is 0. The molecule has 0 fully saturated rings. The maximum absolute atomic E-state index is 10.5. The van der Waals surface area contributed by atoms with Crippen molar-refractivity contribution in [2.45, 2.75) is 12.9 Å². The lowest BCUT2D eigenvalue weighted by molar-refractivity contribution is -0.329. The molecule has 1 aromatic carbocycles. The second-order valence-corrected chi connectivity index (χ2v) is 2.49. The van der Waals surface area contributed by atoms with Crippen LogP contribution in [0.25, 0.3) is 0 Å². The highest BCUT2D eigenvalue weighted by atomic mass is 16.8. The van der Waals surface area contributed by atoms with Crippen molar-refractivity contribution in [3.63, 3.8) is 0 Å². The summed E-state index contributed by atoms with van der Waals surface area (Å²) in [6.45, 7) is 1.09. The lowest BCUT2D eigenvalue weighted by atomic mass is 10.2. The smallest absolute Gasteiger partial charge is 0.353 e. The molecule has 0 aliphatic carbocycles. The number of hydrogen-bond donors (Lipinski definition) is 2. The first-order chi connectivity index (χ1) is 6.02. The molecule has 4 heteroatoms. The summed E-state index contributed by atoms with van der Waals surface area (Å²) in [5.41, 5.74) is 0.0847. The van der Waals surface area contributed by atoms with E-state index in [4.69, 9.17) is 0 Å². The first kappa shape index (κ1) is 9.70. The van der Waals surface area contributed by atoms with E-state index in [9.17, 15) is 15.0 Å². The molecule has 0 heterocycles. The fraction of sp³-hybridized carbons (Fsp3) is 0.222. The molecule has 0 saturated heterocycles. The van der Waals surface area contributed by atoms with E-state index in [0.717, 1.165) is 6.92 Å². The Morgan fingerprint density at radius 2 is 2.00 bits per heavy atom. The molecule has 0 aromatic heterocycles. The minimum atomic E-state index is -2.55. The van der Waals surface area contributed by atoms with Crippen LogP contribution in [-0.2, 0) is 15.5 Å². The predicted octanol–water partition coefficient (Wildman–Crippen LogP) is 0.145. The Hall–Kier alpha value is -1.39. The average molecular weight is 181 g/mol. The molecule has 0 aliphatic rings. The maximum Gasteiger partial charge on any atom is 0.353 e. The summed E-state index contributed by atoms with van der Waals surface area (Å²) in [6, 6.07) is 8.45. The Bertz CT molecular complexity index is 292. The molecule has 1 aromatic rings. The topological polar surface area (TPSA) is 66.8 Å². The zero-order valence-electron chi connectivity index (χ0n) is 7.02. The first-order valence-electron chi connectivity index (χ1n) is 3.63. The van der Waals surface area contributed by atoms with Gasteiger partial charge in [-0.3, -0.25) is 4.79 Å². The number of carbonyl (C=O) groups excluding carboxylic acids is 1. The van der Waals surface area contributed by atoms with Gasteiger partial charge < -0.3 is 14.9 Å². The van der Waals surface area contributed by atoms with Crippen LogP contribution in [0.5, 0.6) is 0 Å². The highest BCUT2D eigenvalue weighted by molar-refractivity contribution is 5.66. The van der Waals surface area contributed by atoms with Crippen molar-refractivity contribution in [2.75, 3.05) is 0 Å². The van der Waals surface area contributed by atoms with Crippen molar-refractivity contribution in [1.82, 2.24) is 0 Å². The second-order valence-electron chi connectivity index (χ2n) is 2.49. The van der Waals surface area contributed by atoms with Crippen LogP contribution >= 0.6 is 0 Å². The standard InChI is InChI=1S/C9H9O4/c1-7(10)13-9(11,12)8-5-3-2-4-6-8/h3-6,11-12H,1H3. The van der Waals surface area contributed by atoms with Crippen LogP contribution in [0.4, 0.5) is 0 Å². The molecule has 0 atom stereocenters. The number of ether oxygens (including phenoxy) is 1. The molecule has 2 N–H and O–H groups in total. The zero-order valence-corrected chi connectivity index (χ0v) is 7.02. The maximum atomic E-state index is 10.5. The number of benzene rings is 1. The van der Waals surface area contributed by atoms with Crippen molar-refractivity contribution in [3.8, 4) is 0 Å². The van der Waals surface area contributed by atoms with Gasteiger partial charge in [0.05, 0.1) is 5.56 Å². The van der Waals surface area contributed by atoms with E-state index in [1.807, 2.05) is 0 Å². The van der Waals surface area contributed by atoms with Gasteiger partial charge in [0.15, 0.2) is 0 Å². The van der Waals surface area contributed by atoms with Crippen LogP contribution in [0.3, 0.4) is 0 Å². The molecule has 1 radical (unpaired) electrons. The third-order valence-corrected chi connectivity index (χ3v) is 1.38. The Labute approximate surface area is 75.4 Å². The van der Waals surface area contributed by atoms with Crippen LogP contribution in [0.15, 0.2) is 24.3 Å². The van der Waals surface area contributed by atoms with E-state index in [-0.39, 0.29) is 5.56 Å². The Morgan fingerprint density at radius 1 is 1.46 bits per heavy atom. The monoisotopic (exact) mass is 181 g/mol. The molecule has 0 saturated carbocycles. The third-order valence-electron chi connectivity index (χ3n) is 1.38. The van der Waals surface area contributed by atoms with Gasteiger partial charge in [-0.25, -0.2) is 0 Å². The lowest BCUT2D eigenvalue weighted by Crippen LogP contribution is -2.30. The van der Waals surface area contributed by atoms with Gasteiger partial charge in [0.25, 0.3) is 0 Å². The van der Waals surface area contributed by atoms with E-state index < -0.39 is 11.9 Å². The van der Waals surface area contributed by atoms with Crippen molar-refractivity contribution >= 4 is 5.97 Å². The Kier molecular flexibility index (Phi) is 2.65. The van der Waals surface area contributed by atoms with Crippen LogP contribution in [-0.4, -0.2) is 16.2 Å². The van der Waals surface area contributed by atoms with Gasteiger partial charge in [-0.05, 0) is 18.2 Å². The van der Waals surface area contributed by atoms with Gasteiger partial charge in [-0.15, -0.1) is 0 Å². The van der Waals surface area contributed by atoms with Crippen LogP contribution < -0.4 is 0 Å². The number of aliphatic hydroxyl groups is 2. The minimum Gasteiger partial charge on any atom is -0.404 e. The van der Waals surface area contributed by atoms with Gasteiger partial charge in [0.1, 0.15) is 0 Å². The quantitative estimate of drug-likeness (QED) is 0.503. The SMILES string of the molecule is CC(=O)OC(O)(O)c1cc[c]cc1. The van der Waals surface area contributed by atoms with Crippen LogP contribution in [0, 0.1) is 6.07 Å². The summed E-state index contributed by atoms with van der Waals surface area (Å²) in [5.74, 6) is -3.32. The van der Waals surface area contributed by atoms with Crippen molar-refractivity contribution in [2.24, 2.45) is 0 Å². The van der Waals surface area contributed by atoms with Gasteiger partial charge in [0.2, 0.25) is 0 Å². The van der Waals surface area contributed by atoms with E-state index in [2.05, 4.69) is 10.8 Å². The number of rotatable bonds is 2. The molecule has 69 valence electrons. The predicted molar refractivity (Wildman–Crippen MR) is 43.2 cm³/mol. The lowest BCUT2D eigenvalue weighted by Gasteiger charge is -2.20. The highest BCUT2D eigenvalue weighted by Gasteiger charge is 2.29. The van der Waals surface area contributed by atoms with Gasteiger partial charge in [-0.2, -0.15) is 0 Å². The van der Waals surface area contributed by atoms with E-state index in [1.54, 1.807) is 0 Å². The van der Waals surface area contributed by atoms with Crippen molar-refractivity contribution < 1.29 is 19.7 Å². The Balaban J connectivity index is 2.87. The minimum absolute atomic E-state index is 0.0847. The summed E-state index contributed by atoms with van der Waals surface area (Å²) in [5, 5.41) is 18.5. The molecule has 1 rings (SSSR count). The Morgan fingerprint density at radius 3 is 2.46 bits per heavy atom. The van der Waals surface area contributed by atoms with Crippen molar-refractivity contribution in [1.29, 1.82) is 0 Å².